The molecular formula is C13H16BrClN2. The number of nitrogens with zero attached hydrogens (tertiary/aromatic N) is 2. The van der Waals surface area contributed by atoms with Crippen LogP contribution >= 0.6 is 27.5 Å². The lowest BCUT2D eigenvalue weighted by Crippen LogP contribution is -2.09. The van der Waals surface area contributed by atoms with Crippen molar-refractivity contribution < 1.29 is 0 Å². The lowest BCUT2D eigenvalue weighted by Gasteiger charge is -2.12. The van der Waals surface area contributed by atoms with E-state index in [1.165, 1.54) is 0 Å². The normalized spacial score (nSPS) is 13.2. The van der Waals surface area contributed by atoms with Gasteiger partial charge in [-0.05, 0) is 24.1 Å². The molecule has 0 saturated carbocycles. The van der Waals surface area contributed by atoms with Crippen molar-refractivity contribution >= 4 is 38.6 Å². The third-order valence-electron chi connectivity index (χ3n) is 3.10. The number of fused-ring (bicyclic) bond motifs is 1. The zero-order valence-corrected chi connectivity index (χ0v) is 12.4. The SMILES string of the molecule is CCC(C)Cn1c(CCl)nc2ccc(Br)cc21. The summed E-state index contributed by atoms with van der Waals surface area (Å²) in [7, 11) is 0. The Labute approximate surface area is 115 Å². The van der Waals surface area contributed by atoms with Gasteiger partial charge in [-0.15, -0.1) is 11.6 Å². The van der Waals surface area contributed by atoms with Crippen molar-refractivity contribution in [2.45, 2.75) is 32.7 Å². The van der Waals surface area contributed by atoms with E-state index in [1.807, 2.05) is 12.1 Å². The summed E-state index contributed by atoms with van der Waals surface area (Å²) in [6.07, 6.45) is 1.16. The monoisotopic (exact) mass is 314 g/mol. The maximum Gasteiger partial charge on any atom is 0.124 e. The molecule has 0 bridgehead atoms. The van der Waals surface area contributed by atoms with Gasteiger partial charge in [-0.25, -0.2) is 4.98 Å². The highest BCUT2D eigenvalue weighted by atomic mass is 79.9. The number of benzene rings is 1. The number of rotatable bonds is 4. The van der Waals surface area contributed by atoms with E-state index < -0.39 is 0 Å². The Bertz CT molecular complexity index is 521. The van der Waals surface area contributed by atoms with E-state index in [1.54, 1.807) is 0 Å². The first-order chi connectivity index (χ1) is 8.15. The van der Waals surface area contributed by atoms with Gasteiger partial charge in [-0.2, -0.15) is 0 Å². The molecule has 1 heterocycles. The van der Waals surface area contributed by atoms with Crippen LogP contribution < -0.4 is 0 Å². The molecule has 0 aliphatic heterocycles. The Morgan fingerprint density at radius 2 is 2.24 bits per heavy atom. The second-order valence-corrected chi connectivity index (χ2v) is 5.60. The Balaban J connectivity index is 2.52. The molecule has 0 spiro atoms. The van der Waals surface area contributed by atoms with Crippen molar-refractivity contribution in [1.82, 2.24) is 9.55 Å². The first kappa shape index (κ1) is 12.9. The van der Waals surface area contributed by atoms with Gasteiger partial charge in [-0.3, -0.25) is 0 Å². The molecule has 1 atom stereocenters. The molecule has 2 nitrogen and oxygen atoms in total. The summed E-state index contributed by atoms with van der Waals surface area (Å²) in [5, 5.41) is 0. The van der Waals surface area contributed by atoms with Crippen LogP contribution in [0.4, 0.5) is 0 Å². The summed E-state index contributed by atoms with van der Waals surface area (Å²) >= 11 is 9.48. The first-order valence-electron chi connectivity index (χ1n) is 5.86. The minimum atomic E-state index is 0.461. The van der Waals surface area contributed by atoms with Gasteiger partial charge in [0, 0.05) is 11.0 Å². The zero-order valence-electron chi connectivity index (χ0n) is 10.1. The molecule has 2 aromatic rings. The number of hydrogen-bond acceptors (Lipinski definition) is 1. The van der Waals surface area contributed by atoms with Crippen LogP contribution in [0.1, 0.15) is 26.1 Å². The van der Waals surface area contributed by atoms with Gasteiger partial charge in [0.1, 0.15) is 5.82 Å². The van der Waals surface area contributed by atoms with Gasteiger partial charge in [0.2, 0.25) is 0 Å². The number of aromatic nitrogens is 2. The van der Waals surface area contributed by atoms with Crippen LogP contribution in [0.3, 0.4) is 0 Å². The molecular weight excluding hydrogens is 300 g/mol. The Kier molecular flexibility index (Phi) is 4.10. The lowest BCUT2D eigenvalue weighted by molar-refractivity contribution is 0.469. The van der Waals surface area contributed by atoms with E-state index in [0.29, 0.717) is 11.8 Å². The van der Waals surface area contributed by atoms with Crippen molar-refractivity contribution in [1.29, 1.82) is 0 Å². The Morgan fingerprint density at radius 3 is 2.88 bits per heavy atom. The second kappa shape index (κ2) is 5.40. The highest BCUT2D eigenvalue weighted by Crippen LogP contribution is 2.23. The van der Waals surface area contributed by atoms with Crippen molar-refractivity contribution in [3.05, 3.63) is 28.5 Å². The van der Waals surface area contributed by atoms with Gasteiger partial charge in [-0.1, -0.05) is 36.2 Å². The lowest BCUT2D eigenvalue weighted by atomic mass is 10.1. The molecule has 92 valence electrons. The fraction of sp³-hybridized carbons (Fsp3) is 0.462. The van der Waals surface area contributed by atoms with E-state index in [-0.39, 0.29) is 0 Å². The summed E-state index contributed by atoms with van der Waals surface area (Å²) in [4.78, 5) is 4.57. The molecule has 1 unspecified atom stereocenters. The van der Waals surface area contributed by atoms with Crippen molar-refractivity contribution in [3.8, 4) is 0 Å². The fourth-order valence-electron chi connectivity index (χ4n) is 1.89. The van der Waals surface area contributed by atoms with Gasteiger partial charge >= 0.3 is 0 Å². The highest BCUT2D eigenvalue weighted by Gasteiger charge is 2.12. The van der Waals surface area contributed by atoms with E-state index in [4.69, 9.17) is 11.6 Å². The van der Waals surface area contributed by atoms with Crippen LogP contribution in [-0.2, 0) is 12.4 Å². The first-order valence-corrected chi connectivity index (χ1v) is 7.19. The van der Waals surface area contributed by atoms with Crippen LogP contribution in [0.15, 0.2) is 22.7 Å². The molecule has 0 saturated heterocycles. The zero-order chi connectivity index (χ0) is 12.4. The number of alkyl halides is 1. The summed E-state index contributed by atoms with van der Waals surface area (Å²) in [5.41, 5.74) is 2.18. The van der Waals surface area contributed by atoms with Crippen molar-refractivity contribution in [2.24, 2.45) is 5.92 Å². The largest absolute Gasteiger partial charge is 0.327 e. The topological polar surface area (TPSA) is 17.8 Å². The molecule has 0 fully saturated rings. The molecule has 0 amide bonds. The van der Waals surface area contributed by atoms with Crippen LogP contribution in [0.2, 0.25) is 0 Å². The molecule has 1 aromatic heterocycles. The van der Waals surface area contributed by atoms with Crippen LogP contribution in [0.25, 0.3) is 11.0 Å². The van der Waals surface area contributed by atoms with Crippen LogP contribution in [0, 0.1) is 5.92 Å². The molecule has 1 aromatic carbocycles. The number of halogens is 2. The molecule has 2 rings (SSSR count). The number of hydrogen-bond donors (Lipinski definition) is 0. The summed E-state index contributed by atoms with van der Waals surface area (Å²) < 4.78 is 3.32. The van der Waals surface area contributed by atoms with Gasteiger partial charge < -0.3 is 4.57 Å². The van der Waals surface area contributed by atoms with Crippen molar-refractivity contribution in [3.63, 3.8) is 0 Å². The molecule has 0 radical (unpaired) electrons. The van der Waals surface area contributed by atoms with E-state index in [2.05, 4.69) is 45.4 Å². The van der Waals surface area contributed by atoms with Gasteiger partial charge in [0.05, 0.1) is 16.9 Å². The highest BCUT2D eigenvalue weighted by molar-refractivity contribution is 9.10. The van der Waals surface area contributed by atoms with Crippen LogP contribution in [-0.4, -0.2) is 9.55 Å². The van der Waals surface area contributed by atoms with E-state index in [0.717, 1.165) is 34.3 Å². The summed E-state index contributed by atoms with van der Waals surface area (Å²) in [6.45, 7) is 5.44. The quantitative estimate of drug-likeness (QED) is 0.755. The maximum atomic E-state index is 5.97. The summed E-state index contributed by atoms with van der Waals surface area (Å²) in [6, 6.07) is 6.16. The fourth-order valence-corrected chi connectivity index (χ4v) is 2.45. The third-order valence-corrected chi connectivity index (χ3v) is 3.83. The van der Waals surface area contributed by atoms with E-state index in [9.17, 15) is 0 Å². The maximum absolute atomic E-state index is 5.97. The van der Waals surface area contributed by atoms with Crippen LogP contribution in [0.5, 0.6) is 0 Å². The standard InChI is InChI=1S/C13H16BrClN2/c1-3-9(2)8-17-12-6-10(14)4-5-11(12)16-13(17)7-15/h4-6,9H,3,7-8H2,1-2H3. The predicted octanol–water partition coefficient (Wildman–Crippen LogP) is 4.58. The Hall–Kier alpha value is -0.540. The molecule has 0 N–H and O–H groups in total. The predicted molar refractivity (Wildman–Crippen MR) is 76.4 cm³/mol. The smallest absolute Gasteiger partial charge is 0.124 e. The molecule has 17 heavy (non-hydrogen) atoms. The van der Waals surface area contributed by atoms with Crippen molar-refractivity contribution in [2.75, 3.05) is 0 Å². The minimum Gasteiger partial charge on any atom is -0.327 e. The molecule has 4 heteroatoms. The van der Waals surface area contributed by atoms with E-state index >= 15 is 0 Å². The Morgan fingerprint density at radius 1 is 1.47 bits per heavy atom. The van der Waals surface area contributed by atoms with Gasteiger partial charge in [0.15, 0.2) is 0 Å². The average Bonchev–Trinajstić information content (AvgIpc) is 2.67. The van der Waals surface area contributed by atoms with Gasteiger partial charge in [0.25, 0.3) is 0 Å². The molecule has 0 aliphatic carbocycles. The molecule has 0 aliphatic rings. The minimum absolute atomic E-state index is 0.461. The summed E-state index contributed by atoms with van der Waals surface area (Å²) in [5.74, 6) is 2.05. The average molecular weight is 316 g/mol. The second-order valence-electron chi connectivity index (χ2n) is 4.42. The third kappa shape index (κ3) is 2.66. The number of imidazole rings is 1.